The quantitative estimate of drug-likeness (QED) is 0.820. The molecule has 0 spiro atoms. The number of aryl methyl sites for hydroxylation is 1. The van der Waals surface area contributed by atoms with E-state index in [1.54, 1.807) is 12.1 Å². The molecule has 14 heavy (non-hydrogen) atoms. The van der Waals surface area contributed by atoms with Gasteiger partial charge in [0.05, 0.1) is 0 Å². The number of halogens is 2. The molecule has 1 aromatic carbocycles. The lowest BCUT2D eigenvalue weighted by Crippen LogP contribution is -2.03. The van der Waals surface area contributed by atoms with Gasteiger partial charge in [0, 0.05) is 11.6 Å². The van der Waals surface area contributed by atoms with Crippen LogP contribution in [0.25, 0.3) is 0 Å². The number of hydrogen-bond acceptors (Lipinski definition) is 1. The van der Waals surface area contributed by atoms with Crippen molar-refractivity contribution >= 4 is 11.6 Å². The highest BCUT2D eigenvalue weighted by Gasteiger charge is 2.05. The monoisotopic (exact) mass is 216 g/mol. The number of hydrogen-bond donors (Lipinski definition) is 1. The van der Waals surface area contributed by atoms with E-state index >= 15 is 0 Å². The molecule has 0 amide bonds. The van der Waals surface area contributed by atoms with Crippen LogP contribution in [0.1, 0.15) is 18.9 Å². The van der Waals surface area contributed by atoms with Gasteiger partial charge in [-0.3, -0.25) is 0 Å². The van der Waals surface area contributed by atoms with E-state index in [-0.39, 0.29) is 18.3 Å². The summed E-state index contributed by atoms with van der Waals surface area (Å²) in [7, 11) is 0. The summed E-state index contributed by atoms with van der Waals surface area (Å²) < 4.78 is 13.3. The maximum Gasteiger partial charge on any atom is 0.127 e. The van der Waals surface area contributed by atoms with Gasteiger partial charge in [-0.2, -0.15) is 0 Å². The molecule has 78 valence electrons. The Hall–Kier alpha value is -0.600. The second-order valence-electron chi connectivity index (χ2n) is 3.56. The fraction of sp³-hybridized carbons (Fsp3) is 0.455. The molecule has 0 aromatic heterocycles. The Morgan fingerprint density at radius 1 is 1.50 bits per heavy atom. The first kappa shape index (κ1) is 11.5. The van der Waals surface area contributed by atoms with E-state index in [0.29, 0.717) is 17.0 Å². The largest absolute Gasteiger partial charge is 0.396 e. The third-order valence-electron chi connectivity index (χ3n) is 2.23. The summed E-state index contributed by atoms with van der Waals surface area (Å²) >= 11 is 5.63. The van der Waals surface area contributed by atoms with E-state index in [4.69, 9.17) is 16.7 Å². The number of rotatable bonds is 4. The minimum atomic E-state index is -0.261. The zero-order valence-electron chi connectivity index (χ0n) is 8.13. The molecule has 0 aliphatic heterocycles. The fourth-order valence-corrected chi connectivity index (χ4v) is 1.38. The highest BCUT2D eigenvalue weighted by atomic mass is 35.5. The van der Waals surface area contributed by atoms with Crippen molar-refractivity contribution in [1.82, 2.24) is 0 Å². The lowest BCUT2D eigenvalue weighted by atomic mass is 10.0. The first-order valence-corrected chi connectivity index (χ1v) is 5.06. The van der Waals surface area contributed by atoms with Crippen LogP contribution in [0.3, 0.4) is 0 Å². The Kier molecular flexibility index (Phi) is 4.36. The third-order valence-corrected chi connectivity index (χ3v) is 2.47. The SMILES string of the molecule is CC(CO)CCc1ccc(Cl)cc1F. The van der Waals surface area contributed by atoms with E-state index < -0.39 is 0 Å². The smallest absolute Gasteiger partial charge is 0.127 e. The predicted octanol–water partition coefficient (Wildman–Crippen LogP) is 3.04. The minimum absolute atomic E-state index is 0.148. The van der Waals surface area contributed by atoms with Crippen LogP contribution < -0.4 is 0 Å². The van der Waals surface area contributed by atoms with E-state index in [1.807, 2.05) is 6.92 Å². The van der Waals surface area contributed by atoms with E-state index in [2.05, 4.69) is 0 Å². The van der Waals surface area contributed by atoms with Crippen LogP contribution in [0.4, 0.5) is 4.39 Å². The second-order valence-corrected chi connectivity index (χ2v) is 4.00. The molecule has 1 N–H and O–H groups in total. The maximum atomic E-state index is 13.3. The first-order chi connectivity index (χ1) is 6.63. The molecule has 0 aliphatic carbocycles. The highest BCUT2D eigenvalue weighted by molar-refractivity contribution is 6.30. The Bertz CT molecular complexity index is 301. The van der Waals surface area contributed by atoms with Gasteiger partial charge in [-0.1, -0.05) is 24.6 Å². The third kappa shape index (κ3) is 3.28. The molecule has 0 heterocycles. The van der Waals surface area contributed by atoms with Crippen molar-refractivity contribution in [2.24, 2.45) is 5.92 Å². The Morgan fingerprint density at radius 3 is 2.79 bits per heavy atom. The molecule has 1 atom stereocenters. The summed E-state index contributed by atoms with van der Waals surface area (Å²) in [5.74, 6) is -0.0484. The van der Waals surface area contributed by atoms with Gasteiger partial charge in [-0.05, 0) is 36.5 Å². The van der Waals surface area contributed by atoms with Crippen molar-refractivity contribution in [1.29, 1.82) is 0 Å². The van der Waals surface area contributed by atoms with E-state index in [0.717, 1.165) is 6.42 Å². The Morgan fingerprint density at radius 2 is 2.21 bits per heavy atom. The molecule has 1 nitrogen and oxygen atoms in total. The van der Waals surface area contributed by atoms with Crippen molar-refractivity contribution in [3.05, 3.63) is 34.6 Å². The maximum absolute atomic E-state index is 13.3. The van der Waals surface area contributed by atoms with Gasteiger partial charge < -0.3 is 5.11 Å². The van der Waals surface area contributed by atoms with Crippen LogP contribution in [0.15, 0.2) is 18.2 Å². The van der Waals surface area contributed by atoms with E-state index in [9.17, 15) is 4.39 Å². The van der Waals surface area contributed by atoms with Gasteiger partial charge in [0.2, 0.25) is 0 Å². The molecule has 1 rings (SSSR count). The standard InChI is InChI=1S/C11H14ClFO/c1-8(7-14)2-3-9-4-5-10(12)6-11(9)13/h4-6,8,14H,2-3,7H2,1H3. The molecule has 3 heteroatoms. The lowest BCUT2D eigenvalue weighted by Gasteiger charge is -2.08. The summed E-state index contributed by atoms with van der Waals surface area (Å²) in [4.78, 5) is 0. The van der Waals surface area contributed by atoms with Gasteiger partial charge >= 0.3 is 0 Å². The van der Waals surface area contributed by atoms with Gasteiger partial charge in [0.1, 0.15) is 5.82 Å². The molecular formula is C11H14ClFO. The van der Waals surface area contributed by atoms with Crippen LogP contribution in [-0.4, -0.2) is 11.7 Å². The Balaban J connectivity index is 2.59. The van der Waals surface area contributed by atoms with Crippen molar-refractivity contribution in [2.45, 2.75) is 19.8 Å². The van der Waals surface area contributed by atoms with Gasteiger partial charge in [0.15, 0.2) is 0 Å². The second kappa shape index (κ2) is 5.32. The molecular weight excluding hydrogens is 203 g/mol. The molecule has 0 radical (unpaired) electrons. The summed E-state index contributed by atoms with van der Waals surface area (Å²) in [6, 6.07) is 4.70. The fourth-order valence-electron chi connectivity index (χ4n) is 1.22. The van der Waals surface area contributed by atoms with Crippen LogP contribution in [0.2, 0.25) is 5.02 Å². The van der Waals surface area contributed by atoms with Crippen LogP contribution in [0.5, 0.6) is 0 Å². The number of benzene rings is 1. The first-order valence-electron chi connectivity index (χ1n) is 4.68. The molecule has 0 aliphatic rings. The van der Waals surface area contributed by atoms with Gasteiger partial charge in [-0.15, -0.1) is 0 Å². The zero-order chi connectivity index (χ0) is 10.6. The number of aliphatic hydroxyl groups is 1. The molecule has 1 aromatic rings. The molecule has 1 unspecified atom stereocenters. The van der Waals surface area contributed by atoms with Crippen LogP contribution in [-0.2, 0) is 6.42 Å². The topological polar surface area (TPSA) is 20.2 Å². The summed E-state index contributed by atoms with van der Waals surface area (Å²) in [5.41, 5.74) is 0.662. The molecule has 0 fully saturated rings. The molecule has 0 saturated heterocycles. The number of aliphatic hydroxyl groups excluding tert-OH is 1. The van der Waals surface area contributed by atoms with Crippen molar-refractivity contribution in [3.63, 3.8) is 0 Å². The highest BCUT2D eigenvalue weighted by Crippen LogP contribution is 2.17. The lowest BCUT2D eigenvalue weighted by molar-refractivity contribution is 0.230. The van der Waals surface area contributed by atoms with Crippen molar-refractivity contribution in [3.8, 4) is 0 Å². The summed E-state index contributed by atoms with van der Waals surface area (Å²) in [6.07, 6.45) is 1.43. The summed E-state index contributed by atoms with van der Waals surface area (Å²) in [5, 5.41) is 9.23. The minimum Gasteiger partial charge on any atom is -0.396 e. The average Bonchev–Trinajstić information content (AvgIpc) is 2.16. The zero-order valence-corrected chi connectivity index (χ0v) is 8.89. The average molecular weight is 217 g/mol. The van der Waals surface area contributed by atoms with Crippen molar-refractivity contribution in [2.75, 3.05) is 6.61 Å². The van der Waals surface area contributed by atoms with Gasteiger partial charge in [-0.25, -0.2) is 4.39 Å². The van der Waals surface area contributed by atoms with Crippen LogP contribution in [0, 0.1) is 11.7 Å². The predicted molar refractivity (Wildman–Crippen MR) is 56.0 cm³/mol. The molecule has 0 saturated carbocycles. The van der Waals surface area contributed by atoms with Crippen molar-refractivity contribution < 1.29 is 9.50 Å². The van der Waals surface area contributed by atoms with Crippen LogP contribution >= 0.6 is 11.6 Å². The molecule has 0 bridgehead atoms. The van der Waals surface area contributed by atoms with Gasteiger partial charge in [0.25, 0.3) is 0 Å². The summed E-state index contributed by atoms with van der Waals surface area (Å²) in [6.45, 7) is 2.09. The van der Waals surface area contributed by atoms with E-state index in [1.165, 1.54) is 6.07 Å². The normalized spacial score (nSPS) is 12.9. The Labute approximate surface area is 88.5 Å².